The highest BCUT2D eigenvalue weighted by molar-refractivity contribution is 5.69. The number of rotatable bonds is 5. The third-order valence-electron chi connectivity index (χ3n) is 4.26. The van der Waals surface area contributed by atoms with Gasteiger partial charge in [-0.25, -0.2) is 0 Å². The summed E-state index contributed by atoms with van der Waals surface area (Å²) in [4.78, 5) is 4.06. The smallest absolute Gasteiger partial charge is 0.127 e. The second kappa shape index (κ2) is 5.63. The van der Waals surface area contributed by atoms with Crippen molar-refractivity contribution in [1.82, 2.24) is 4.98 Å². The molecule has 0 unspecified atom stereocenters. The van der Waals surface area contributed by atoms with Gasteiger partial charge in [-0.1, -0.05) is 24.6 Å². The average molecular weight is 268 g/mol. The van der Waals surface area contributed by atoms with E-state index < -0.39 is 0 Å². The van der Waals surface area contributed by atoms with Gasteiger partial charge in [0.15, 0.2) is 0 Å². The van der Waals surface area contributed by atoms with E-state index in [0.29, 0.717) is 13.2 Å². The molecule has 0 amide bonds. The van der Waals surface area contributed by atoms with Gasteiger partial charge in [-0.2, -0.15) is 0 Å². The second-order valence-corrected chi connectivity index (χ2v) is 5.58. The zero-order valence-corrected chi connectivity index (χ0v) is 11.6. The van der Waals surface area contributed by atoms with Crippen LogP contribution in [0.2, 0.25) is 0 Å². The molecule has 1 heterocycles. The van der Waals surface area contributed by atoms with Gasteiger partial charge in [-0.05, 0) is 36.6 Å². The summed E-state index contributed by atoms with van der Waals surface area (Å²) in [6.07, 6.45) is 7.24. The lowest BCUT2D eigenvalue weighted by Crippen LogP contribution is -2.42. The van der Waals surface area contributed by atoms with Gasteiger partial charge in [-0.15, -0.1) is 0 Å². The van der Waals surface area contributed by atoms with Crippen LogP contribution in [0, 0.1) is 5.41 Å². The standard InChI is InChI=1S/C17H20N2O/c18-12-17(8-3-9-17)13-20-16-5-2-1-4-15(16)14-6-10-19-11-7-14/h1-2,4-7,10-11H,3,8-9,12-13,18H2. The van der Waals surface area contributed by atoms with Crippen LogP contribution in [-0.4, -0.2) is 18.1 Å². The van der Waals surface area contributed by atoms with E-state index >= 15 is 0 Å². The third-order valence-corrected chi connectivity index (χ3v) is 4.26. The minimum absolute atomic E-state index is 0.200. The molecule has 3 heteroatoms. The molecule has 20 heavy (non-hydrogen) atoms. The van der Waals surface area contributed by atoms with Crippen LogP contribution in [0.4, 0.5) is 0 Å². The van der Waals surface area contributed by atoms with Crippen molar-refractivity contribution in [3.05, 3.63) is 48.8 Å². The maximum Gasteiger partial charge on any atom is 0.127 e. The number of aromatic nitrogens is 1. The first-order chi connectivity index (χ1) is 9.83. The number of nitrogens with zero attached hydrogens (tertiary/aromatic N) is 1. The lowest BCUT2D eigenvalue weighted by molar-refractivity contribution is 0.0671. The fourth-order valence-electron chi connectivity index (χ4n) is 2.68. The number of ether oxygens (including phenoxy) is 1. The van der Waals surface area contributed by atoms with Crippen LogP contribution in [0.15, 0.2) is 48.8 Å². The Morgan fingerprint density at radius 1 is 1.10 bits per heavy atom. The molecule has 0 atom stereocenters. The largest absolute Gasteiger partial charge is 0.492 e. The Balaban J connectivity index is 1.80. The minimum Gasteiger partial charge on any atom is -0.492 e. The van der Waals surface area contributed by atoms with E-state index in [1.807, 2.05) is 30.3 Å². The highest BCUT2D eigenvalue weighted by Gasteiger charge is 2.36. The lowest BCUT2D eigenvalue weighted by atomic mass is 9.69. The zero-order valence-electron chi connectivity index (χ0n) is 11.6. The van der Waals surface area contributed by atoms with E-state index in [9.17, 15) is 0 Å². The molecule has 0 saturated heterocycles. The first-order valence-corrected chi connectivity index (χ1v) is 7.15. The lowest BCUT2D eigenvalue weighted by Gasteiger charge is -2.40. The molecule has 3 nitrogen and oxygen atoms in total. The van der Waals surface area contributed by atoms with Crippen molar-refractivity contribution in [3.8, 4) is 16.9 Å². The molecule has 2 N–H and O–H groups in total. The van der Waals surface area contributed by atoms with Crippen LogP contribution in [0.5, 0.6) is 5.75 Å². The van der Waals surface area contributed by atoms with Gasteiger partial charge >= 0.3 is 0 Å². The molecule has 0 aliphatic heterocycles. The summed E-state index contributed by atoms with van der Waals surface area (Å²) in [5.74, 6) is 0.929. The minimum atomic E-state index is 0.200. The number of hydrogen-bond acceptors (Lipinski definition) is 3. The maximum atomic E-state index is 6.09. The Morgan fingerprint density at radius 2 is 1.85 bits per heavy atom. The van der Waals surface area contributed by atoms with Gasteiger partial charge in [0, 0.05) is 29.9 Å². The predicted molar refractivity (Wildman–Crippen MR) is 80.5 cm³/mol. The Labute approximate surface area is 119 Å². The molecule has 0 spiro atoms. The van der Waals surface area contributed by atoms with Crippen molar-refractivity contribution in [2.75, 3.05) is 13.2 Å². The van der Waals surface area contributed by atoms with Crippen molar-refractivity contribution in [3.63, 3.8) is 0 Å². The number of hydrogen-bond donors (Lipinski definition) is 1. The highest BCUT2D eigenvalue weighted by atomic mass is 16.5. The van der Waals surface area contributed by atoms with Crippen molar-refractivity contribution >= 4 is 0 Å². The third kappa shape index (κ3) is 2.54. The zero-order chi connectivity index (χ0) is 13.8. The Bertz CT molecular complexity index is 559. The summed E-state index contributed by atoms with van der Waals surface area (Å²) in [7, 11) is 0. The molecule has 2 aromatic rings. The molecular formula is C17H20N2O. The van der Waals surface area contributed by atoms with Crippen LogP contribution in [-0.2, 0) is 0 Å². The monoisotopic (exact) mass is 268 g/mol. The fraction of sp³-hybridized carbons (Fsp3) is 0.353. The summed E-state index contributed by atoms with van der Waals surface area (Å²) in [5.41, 5.74) is 8.34. The van der Waals surface area contributed by atoms with E-state index in [2.05, 4.69) is 11.1 Å². The number of nitrogens with two attached hydrogens (primary N) is 1. The topological polar surface area (TPSA) is 48.1 Å². The van der Waals surface area contributed by atoms with Crippen molar-refractivity contribution in [1.29, 1.82) is 0 Å². The summed E-state index contributed by atoms with van der Waals surface area (Å²) in [5, 5.41) is 0. The van der Waals surface area contributed by atoms with Gasteiger partial charge in [0.25, 0.3) is 0 Å². The predicted octanol–water partition coefficient (Wildman–Crippen LogP) is 3.26. The van der Waals surface area contributed by atoms with Crippen molar-refractivity contribution in [2.24, 2.45) is 11.1 Å². The van der Waals surface area contributed by atoms with E-state index in [1.54, 1.807) is 12.4 Å². The normalized spacial score (nSPS) is 16.4. The molecule has 1 fully saturated rings. The molecule has 104 valence electrons. The molecule has 1 aromatic carbocycles. The van der Waals surface area contributed by atoms with Crippen LogP contribution < -0.4 is 10.5 Å². The summed E-state index contributed by atoms with van der Waals surface area (Å²) >= 11 is 0. The molecule has 0 radical (unpaired) electrons. The molecule has 1 aliphatic rings. The molecule has 3 rings (SSSR count). The number of pyridine rings is 1. The van der Waals surface area contributed by atoms with E-state index in [0.717, 1.165) is 16.9 Å². The summed E-state index contributed by atoms with van der Waals surface area (Å²) < 4.78 is 6.09. The summed E-state index contributed by atoms with van der Waals surface area (Å²) in [6.45, 7) is 1.43. The van der Waals surface area contributed by atoms with Gasteiger partial charge in [0.05, 0.1) is 6.61 Å². The molecule has 0 bridgehead atoms. The number of para-hydroxylation sites is 1. The SMILES string of the molecule is NCC1(COc2ccccc2-c2ccncc2)CCC1. The van der Waals surface area contributed by atoms with Crippen LogP contribution in [0.25, 0.3) is 11.1 Å². The van der Waals surface area contributed by atoms with Gasteiger partial charge in [0.2, 0.25) is 0 Å². The van der Waals surface area contributed by atoms with E-state index in [1.165, 1.54) is 19.3 Å². The average Bonchev–Trinajstić information content (AvgIpc) is 2.48. The van der Waals surface area contributed by atoms with Crippen LogP contribution in [0.3, 0.4) is 0 Å². The Hall–Kier alpha value is -1.87. The second-order valence-electron chi connectivity index (χ2n) is 5.58. The Morgan fingerprint density at radius 3 is 2.50 bits per heavy atom. The molecule has 1 aromatic heterocycles. The number of benzene rings is 1. The fourth-order valence-corrected chi connectivity index (χ4v) is 2.68. The van der Waals surface area contributed by atoms with Crippen LogP contribution >= 0.6 is 0 Å². The van der Waals surface area contributed by atoms with E-state index in [-0.39, 0.29) is 5.41 Å². The first-order valence-electron chi connectivity index (χ1n) is 7.15. The maximum absolute atomic E-state index is 6.09. The molecule has 1 saturated carbocycles. The van der Waals surface area contributed by atoms with Crippen molar-refractivity contribution in [2.45, 2.75) is 19.3 Å². The van der Waals surface area contributed by atoms with Crippen LogP contribution in [0.1, 0.15) is 19.3 Å². The Kier molecular flexibility index (Phi) is 3.70. The van der Waals surface area contributed by atoms with Gasteiger partial charge < -0.3 is 10.5 Å². The van der Waals surface area contributed by atoms with Gasteiger partial charge in [-0.3, -0.25) is 4.98 Å². The molecular weight excluding hydrogens is 248 g/mol. The quantitative estimate of drug-likeness (QED) is 0.905. The van der Waals surface area contributed by atoms with Crippen molar-refractivity contribution < 1.29 is 4.74 Å². The first kappa shape index (κ1) is 13.1. The van der Waals surface area contributed by atoms with Gasteiger partial charge in [0.1, 0.15) is 5.75 Å². The van der Waals surface area contributed by atoms with E-state index in [4.69, 9.17) is 10.5 Å². The summed E-state index contributed by atoms with van der Waals surface area (Å²) in [6, 6.07) is 12.2. The highest BCUT2D eigenvalue weighted by Crippen LogP contribution is 2.41. The molecule has 1 aliphatic carbocycles.